The number of hydrogen-bond donors (Lipinski definition) is 1. The van der Waals surface area contributed by atoms with Gasteiger partial charge in [0.05, 0.1) is 24.9 Å². The largest absolute Gasteiger partial charge is 0.378 e. The monoisotopic (exact) mass is 192 g/mol. The van der Waals surface area contributed by atoms with Gasteiger partial charge < -0.3 is 10.1 Å². The summed E-state index contributed by atoms with van der Waals surface area (Å²) in [6, 6.07) is 4.41. The van der Waals surface area contributed by atoms with Gasteiger partial charge in [0.1, 0.15) is 0 Å². The van der Waals surface area contributed by atoms with Crippen LogP contribution in [-0.2, 0) is 11.2 Å². The Bertz CT molecular complexity index is 295. The molecule has 1 aliphatic rings. The maximum absolute atomic E-state index is 5.43. The molecule has 1 N–H and O–H groups in total. The summed E-state index contributed by atoms with van der Waals surface area (Å²) < 4.78 is 5.43. The summed E-state index contributed by atoms with van der Waals surface area (Å²) in [4.78, 5) is 4.43. The third kappa shape index (κ3) is 1.94. The Morgan fingerprint density at radius 2 is 2.57 bits per heavy atom. The molecule has 0 aliphatic carbocycles. The molecular formula is C11H16N2O. The van der Waals surface area contributed by atoms with Gasteiger partial charge in [-0.3, -0.25) is 4.98 Å². The minimum Gasteiger partial charge on any atom is -0.378 e. The molecule has 0 unspecified atom stereocenters. The average molecular weight is 192 g/mol. The highest BCUT2D eigenvalue weighted by atomic mass is 16.5. The zero-order valence-electron chi connectivity index (χ0n) is 8.49. The predicted molar refractivity (Wildman–Crippen MR) is 55.2 cm³/mol. The van der Waals surface area contributed by atoms with Crippen LogP contribution in [0.3, 0.4) is 0 Å². The predicted octanol–water partition coefficient (Wildman–Crippen LogP) is 1.30. The molecule has 2 heterocycles. The lowest BCUT2D eigenvalue weighted by Gasteiger charge is -2.24. The van der Waals surface area contributed by atoms with E-state index >= 15 is 0 Å². The molecular weight excluding hydrogens is 176 g/mol. The molecule has 14 heavy (non-hydrogen) atoms. The molecule has 2 rings (SSSR count). The highest BCUT2D eigenvalue weighted by Gasteiger charge is 2.18. The number of rotatable bonds is 2. The molecule has 3 heteroatoms. The number of ether oxygens (including phenoxy) is 1. The van der Waals surface area contributed by atoms with Gasteiger partial charge in [-0.1, -0.05) is 13.0 Å². The summed E-state index contributed by atoms with van der Waals surface area (Å²) in [5.41, 5.74) is 2.46. The van der Waals surface area contributed by atoms with Gasteiger partial charge in [-0.25, -0.2) is 0 Å². The number of nitrogens with one attached hydrogen (secondary N) is 1. The number of aromatic nitrogens is 1. The van der Waals surface area contributed by atoms with Crippen LogP contribution in [0.1, 0.15) is 24.2 Å². The fraction of sp³-hybridized carbons (Fsp3) is 0.545. The second-order valence-corrected chi connectivity index (χ2v) is 3.48. The first kappa shape index (κ1) is 9.62. The van der Waals surface area contributed by atoms with Gasteiger partial charge >= 0.3 is 0 Å². The molecule has 3 nitrogen and oxygen atoms in total. The van der Waals surface area contributed by atoms with Gasteiger partial charge in [-0.2, -0.15) is 0 Å². The molecule has 0 aromatic carbocycles. The van der Waals surface area contributed by atoms with Crippen molar-refractivity contribution in [2.45, 2.75) is 19.4 Å². The van der Waals surface area contributed by atoms with Crippen LogP contribution in [0.25, 0.3) is 0 Å². The number of pyridine rings is 1. The Labute approximate surface area is 84.5 Å². The van der Waals surface area contributed by atoms with Crippen LogP contribution in [0.5, 0.6) is 0 Å². The van der Waals surface area contributed by atoms with Crippen LogP contribution in [-0.4, -0.2) is 24.7 Å². The normalized spacial score (nSPS) is 22.2. The van der Waals surface area contributed by atoms with E-state index in [1.54, 1.807) is 0 Å². The summed E-state index contributed by atoms with van der Waals surface area (Å²) in [7, 11) is 0. The third-order valence-electron chi connectivity index (χ3n) is 2.56. The minimum absolute atomic E-state index is 0.278. The fourth-order valence-corrected chi connectivity index (χ4v) is 1.80. The van der Waals surface area contributed by atoms with Crippen molar-refractivity contribution in [3.63, 3.8) is 0 Å². The van der Waals surface area contributed by atoms with Gasteiger partial charge in [0.15, 0.2) is 0 Å². The Kier molecular flexibility index (Phi) is 3.11. The zero-order chi connectivity index (χ0) is 9.80. The van der Waals surface area contributed by atoms with E-state index in [0.717, 1.165) is 31.9 Å². The average Bonchev–Trinajstić information content (AvgIpc) is 2.30. The highest BCUT2D eigenvalue weighted by molar-refractivity contribution is 5.23. The van der Waals surface area contributed by atoms with Crippen LogP contribution in [0.2, 0.25) is 0 Å². The summed E-state index contributed by atoms with van der Waals surface area (Å²) in [6.45, 7) is 4.63. The molecule has 1 atom stereocenters. The van der Waals surface area contributed by atoms with Crippen molar-refractivity contribution in [1.29, 1.82) is 0 Å². The molecule has 0 radical (unpaired) electrons. The molecule has 76 valence electrons. The Balaban J connectivity index is 2.20. The van der Waals surface area contributed by atoms with Gasteiger partial charge in [0.2, 0.25) is 0 Å². The van der Waals surface area contributed by atoms with E-state index in [9.17, 15) is 0 Å². The maximum atomic E-state index is 5.43. The molecule has 0 amide bonds. The topological polar surface area (TPSA) is 34.1 Å². The highest BCUT2D eigenvalue weighted by Crippen LogP contribution is 2.17. The van der Waals surface area contributed by atoms with Crippen LogP contribution in [0.4, 0.5) is 0 Å². The molecule has 1 fully saturated rings. The van der Waals surface area contributed by atoms with Crippen LogP contribution in [0.15, 0.2) is 18.3 Å². The van der Waals surface area contributed by atoms with Crippen LogP contribution in [0, 0.1) is 0 Å². The van der Waals surface area contributed by atoms with Crippen molar-refractivity contribution in [2.24, 2.45) is 0 Å². The van der Waals surface area contributed by atoms with E-state index in [-0.39, 0.29) is 6.04 Å². The lowest BCUT2D eigenvalue weighted by Crippen LogP contribution is -2.35. The van der Waals surface area contributed by atoms with Crippen molar-refractivity contribution in [1.82, 2.24) is 10.3 Å². The van der Waals surface area contributed by atoms with E-state index in [1.807, 2.05) is 12.3 Å². The van der Waals surface area contributed by atoms with E-state index in [2.05, 4.69) is 23.3 Å². The van der Waals surface area contributed by atoms with E-state index in [0.29, 0.717) is 0 Å². The van der Waals surface area contributed by atoms with Crippen molar-refractivity contribution < 1.29 is 4.74 Å². The van der Waals surface area contributed by atoms with Crippen LogP contribution >= 0.6 is 0 Å². The summed E-state index contributed by atoms with van der Waals surface area (Å²) in [5.74, 6) is 0. The number of nitrogens with zero attached hydrogens (tertiary/aromatic N) is 1. The molecule has 0 bridgehead atoms. The van der Waals surface area contributed by atoms with E-state index in [4.69, 9.17) is 4.74 Å². The molecule has 1 aromatic rings. The first-order valence-corrected chi connectivity index (χ1v) is 5.16. The van der Waals surface area contributed by atoms with E-state index in [1.165, 1.54) is 5.56 Å². The van der Waals surface area contributed by atoms with Crippen molar-refractivity contribution in [3.8, 4) is 0 Å². The van der Waals surface area contributed by atoms with Gasteiger partial charge in [0, 0.05) is 12.7 Å². The summed E-state index contributed by atoms with van der Waals surface area (Å²) in [5, 5.41) is 3.42. The second-order valence-electron chi connectivity index (χ2n) is 3.48. The molecule has 1 aliphatic heterocycles. The third-order valence-corrected chi connectivity index (χ3v) is 2.56. The number of aryl methyl sites for hydroxylation is 1. The summed E-state index contributed by atoms with van der Waals surface area (Å²) >= 11 is 0. The van der Waals surface area contributed by atoms with Gasteiger partial charge in [-0.15, -0.1) is 0 Å². The van der Waals surface area contributed by atoms with Crippen molar-refractivity contribution in [2.75, 3.05) is 19.8 Å². The SMILES string of the molecule is CCc1cccnc1[C@@H]1COCCN1. The Hall–Kier alpha value is -0.930. The first-order valence-electron chi connectivity index (χ1n) is 5.16. The van der Waals surface area contributed by atoms with Gasteiger partial charge in [0.25, 0.3) is 0 Å². The molecule has 1 saturated heterocycles. The maximum Gasteiger partial charge on any atom is 0.0736 e. The second kappa shape index (κ2) is 4.53. The standard InChI is InChI=1S/C11H16N2O/c1-2-9-4-3-5-13-11(9)10-8-14-7-6-12-10/h3-5,10,12H,2,6-8H2,1H3/t10-/m0/s1. The molecule has 0 spiro atoms. The lowest BCUT2D eigenvalue weighted by atomic mass is 10.1. The molecule has 0 saturated carbocycles. The summed E-state index contributed by atoms with van der Waals surface area (Å²) in [6.07, 6.45) is 2.88. The van der Waals surface area contributed by atoms with Gasteiger partial charge in [-0.05, 0) is 18.1 Å². The van der Waals surface area contributed by atoms with E-state index < -0.39 is 0 Å². The Morgan fingerprint density at radius 1 is 1.64 bits per heavy atom. The molecule has 1 aromatic heterocycles. The smallest absolute Gasteiger partial charge is 0.0736 e. The number of morpholine rings is 1. The zero-order valence-corrected chi connectivity index (χ0v) is 8.49. The lowest BCUT2D eigenvalue weighted by molar-refractivity contribution is 0.0753. The number of hydrogen-bond acceptors (Lipinski definition) is 3. The fourth-order valence-electron chi connectivity index (χ4n) is 1.80. The minimum atomic E-state index is 0.278. The van der Waals surface area contributed by atoms with Crippen molar-refractivity contribution >= 4 is 0 Å². The quantitative estimate of drug-likeness (QED) is 0.767. The van der Waals surface area contributed by atoms with Crippen LogP contribution < -0.4 is 5.32 Å². The first-order chi connectivity index (χ1) is 6.92. The van der Waals surface area contributed by atoms with Crippen molar-refractivity contribution in [3.05, 3.63) is 29.6 Å². The Morgan fingerprint density at radius 3 is 3.29 bits per heavy atom.